The predicted octanol–water partition coefficient (Wildman–Crippen LogP) is 2.03. The summed E-state index contributed by atoms with van der Waals surface area (Å²) in [6.07, 6.45) is -2.47. The number of aromatic nitrogens is 2. The Labute approximate surface area is 225 Å². The van der Waals surface area contributed by atoms with Crippen LogP contribution in [0, 0.1) is 5.41 Å². The van der Waals surface area contributed by atoms with E-state index in [1.807, 2.05) is 20.8 Å². The van der Waals surface area contributed by atoms with Gasteiger partial charge in [-0.3, -0.25) is 28.7 Å². The zero-order valence-corrected chi connectivity index (χ0v) is 23.4. The molecule has 2 heterocycles. The van der Waals surface area contributed by atoms with Crippen LogP contribution in [0.2, 0.25) is 0 Å². The molecule has 2 aromatic rings. The molecule has 1 unspecified atom stereocenters. The molecule has 1 saturated heterocycles. The highest BCUT2D eigenvalue weighted by atomic mass is 31.2. The van der Waals surface area contributed by atoms with Gasteiger partial charge >= 0.3 is 19.4 Å². The fraction of sp³-hybridized carbons (Fsp3) is 0.520. The number of carbonyl (C=O) groups excluding carboxylic acids is 1. The molecule has 14 heteroatoms. The number of carbonyl (C=O) groups is 1. The predicted molar refractivity (Wildman–Crippen MR) is 143 cm³/mol. The van der Waals surface area contributed by atoms with Crippen LogP contribution in [0.15, 0.2) is 57.2 Å². The van der Waals surface area contributed by atoms with Crippen LogP contribution < -0.4 is 20.9 Å². The van der Waals surface area contributed by atoms with Gasteiger partial charge in [0.25, 0.3) is 5.56 Å². The van der Waals surface area contributed by atoms with Gasteiger partial charge in [-0.05, 0) is 38.1 Å². The van der Waals surface area contributed by atoms with Gasteiger partial charge in [0.1, 0.15) is 29.5 Å². The lowest BCUT2D eigenvalue weighted by atomic mass is 9.93. The highest BCUT2D eigenvalue weighted by Gasteiger charge is 2.54. The first-order chi connectivity index (χ1) is 18.2. The van der Waals surface area contributed by atoms with E-state index >= 15 is 0 Å². The van der Waals surface area contributed by atoms with Crippen molar-refractivity contribution >= 4 is 20.4 Å². The zero-order chi connectivity index (χ0) is 29.0. The van der Waals surface area contributed by atoms with Gasteiger partial charge in [0.2, 0.25) is 0 Å². The van der Waals surface area contributed by atoms with Crippen LogP contribution in [-0.4, -0.2) is 64.3 Å². The lowest BCUT2D eigenvalue weighted by Gasteiger charge is -2.28. The molecule has 1 aromatic carbocycles. The molecule has 214 valence electrons. The Morgan fingerprint density at radius 3 is 2.56 bits per heavy atom. The van der Waals surface area contributed by atoms with Gasteiger partial charge in [-0.1, -0.05) is 39.0 Å². The minimum Gasteiger partial charge on any atom is -0.464 e. The van der Waals surface area contributed by atoms with E-state index in [0.29, 0.717) is 0 Å². The second-order valence-corrected chi connectivity index (χ2v) is 12.3. The Morgan fingerprint density at radius 1 is 1.31 bits per heavy atom. The zero-order valence-electron chi connectivity index (χ0n) is 22.5. The SMILES string of the molecule is C=N[C@]1(C)[C@H](O)[C@@H](COP(=O)(N[C@@H](C)C(=O)OCC(C)(C)C)Oc2ccccc2)O[C@H]1n1ccc(=O)[nH]c1=O. The summed E-state index contributed by atoms with van der Waals surface area (Å²) in [6, 6.07) is 8.22. The lowest BCUT2D eigenvalue weighted by molar-refractivity contribution is -0.148. The normalized spacial score (nSPS) is 25.4. The van der Waals surface area contributed by atoms with E-state index in [0.717, 1.165) is 10.6 Å². The summed E-state index contributed by atoms with van der Waals surface area (Å²) in [5, 5.41) is 13.6. The van der Waals surface area contributed by atoms with Gasteiger partial charge in [-0.25, -0.2) is 9.36 Å². The number of nitrogens with zero attached hydrogens (tertiary/aromatic N) is 2. The number of esters is 1. The van der Waals surface area contributed by atoms with E-state index in [4.69, 9.17) is 18.5 Å². The standard InChI is InChI=1S/C25H35N4O9P/c1-16(21(32)35-15-24(2,3)4)28-39(34,38-17-10-8-7-9-11-17)36-14-18-20(31)25(5,26-6)22(37-18)29-13-12-19(30)27-23(29)33/h7-13,16,18,20,22,31H,6,14-15H2,1-5H3,(H,28,34)(H,27,30,33)/t16-,18+,20+,22+,25+,39?/m0/s1. The van der Waals surface area contributed by atoms with Crippen molar-refractivity contribution in [2.75, 3.05) is 13.2 Å². The number of rotatable bonds is 11. The minimum atomic E-state index is -4.26. The molecule has 1 aromatic heterocycles. The summed E-state index contributed by atoms with van der Waals surface area (Å²) < 4.78 is 37.4. The first-order valence-corrected chi connectivity index (χ1v) is 13.8. The lowest BCUT2D eigenvalue weighted by Crippen LogP contribution is -2.45. The Balaban J connectivity index is 1.81. The molecule has 3 rings (SSSR count). The third-order valence-electron chi connectivity index (χ3n) is 5.93. The van der Waals surface area contributed by atoms with E-state index in [1.165, 1.54) is 20.0 Å². The number of nitrogens with one attached hydrogen (secondary N) is 2. The molecule has 0 saturated carbocycles. The first kappa shape index (κ1) is 30.5. The van der Waals surface area contributed by atoms with Crippen molar-refractivity contribution in [1.29, 1.82) is 0 Å². The molecule has 6 atom stereocenters. The van der Waals surface area contributed by atoms with Gasteiger partial charge in [-0.2, -0.15) is 5.09 Å². The maximum absolute atomic E-state index is 13.8. The number of aromatic amines is 1. The average molecular weight is 567 g/mol. The molecular weight excluding hydrogens is 531 g/mol. The monoisotopic (exact) mass is 566 g/mol. The quantitative estimate of drug-likeness (QED) is 0.208. The van der Waals surface area contributed by atoms with Crippen LogP contribution in [0.4, 0.5) is 0 Å². The van der Waals surface area contributed by atoms with Crippen LogP contribution in [0.25, 0.3) is 0 Å². The molecule has 0 radical (unpaired) electrons. The molecule has 0 amide bonds. The summed E-state index contributed by atoms with van der Waals surface area (Å²) in [7, 11) is -4.26. The molecule has 1 aliphatic rings. The van der Waals surface area contributed by atoms with Crippen LogP contribution in [0.5, 0.6) is 5.75 Å². The van der Waals surface area contributed by atoms with Crippen molar-refractivity contribution < 1.29 is 33.0 Å². The number of hydrogen-bond acceptors (Lipinski definition) is 10. The van der Waals surface area contributed by atoms with Gasteiger partial charge < -0.3 is 19.1 Å². The fourth-order valence-electron chi connectivity index (χ4n) is 3.75. The number of H-pyrrole nitrogens is 1. The molecule has 3 N–H and O–H groups in total. The second-order valence-electron chi connectivity index (χ2n) is 10.6. The van der Waals surface area contributed by atoms with Crippen molar-refractivity contribution in [3.05, 3.63) is 63.4 Å². The number of hydrogen-bond donors (Lipinski definition) is 3. The van der Waals surface area contributed by atoms with Gasteiger partial charge in [0.05, 0.1) is 13.2 Å². The van der Waals surface area contributed by atoms with Crippen molar-refractivity contribution in [2.24, 2.45) is 10.4 Å². The van der Waals surface area contributed by atoms with E-state index in [-0.39, 0.29) is 17.8 Å². The molecule has 1 fully saturated rings. The van der Waals surface area contributed by atoms with Crippen LogP contribution in [0.3, 0.4) is 0 Å². The number of aliphatic hydroxyl groups excluding tert-OH is 1. The van der Waals surface area contributed by atoms with E-state index in [1.54, 1.807) is 30.3 Å². The fourth-order valence-corrected chi connectivity index (χ4v) is 5.25. The van der Waals surface area contributed by atoms with Crippen LogP contribution >= 0.6 is 7.75 Å². The van der Waals surface area contributed by atoms with Gasteiger partial charge in [-0.15, -0.1) is 0 Å². The van der Waals surface area contributed by atoms with Crippen LogP contribution in [0.1, 0.15) is 40.8 Å². The molecule has 39 heavy (non-hydrogen) atoms. The summed E-state index contributed by atoms with van der Waals surface area (Å²) in [6.45, 7) is 11.8. The van der Waals surface area contributed by atoms with Gasteiger partial charge in [0, 0.05) is 12.3 Å². The average Bonchev–Trinajstić information content (AvgIpc) is 3.11. The number of aliphatic hydroxyl groups is 1. The second kappa shape index (κ2) is 12.0. The Kier molecular flexibility index (Phi) is 9.35. The molecule has 0 aliphatic carbocycles. The van der Waals surface area contributed by atoms with E-state index in [2.05, 4.69) is 21.8 Å². The number of para-hydroxylation sites is 1. The molecule has 1 aliphatic heterocycles. The molecule has 13 nitrogen and oxygen atoms in total. The Bertz CT molecular complexity index is 1320. The maximum atomic E-state index is 13.8. The smallest absolute Gasteiger partial charge is 0.459 e. The number of ether oxygens (including phenoxy) is 2. The largest absolute Gasteiger partial charge is 0.464 e. The topological polar surface area (TPSA) is 171 Å². The third kappa shape index (κ3) is 7.52. The van der Waals surface area contributed by atoms with Crippen LogP contribution in [-0.2, 0) is 23.4 Å². The summed E-state index contributed by atoms with van der Waals surface area (Å²) >= 11 is 0. The number of aliphatic imine (C=N–C) groups is 1. The summed E-state index contributed by atoms with van der Waals surface area (Å²) in [5.41, 5.74) is -3.10. The molecule has 0 spiro atoms. The summed E-state index contributed by atoms with van der Waals surface area (Å²) in [5.74, 6) is -0.463. The third-order valence-corrected chi connectivity index (χ3v) is 7.57. The highest BCUT2D eigenvalue weighted by molar-refractivity contribution is 7.52. The molecular formula is C25H35N4O9P. The first-order valence-electron chi connectivity index (χ1n) is 12.2. The van der Waals surface area contributed by atoms with E-state index < -0.39 is 61.6 Å². The van der Waals surface area contributed by atoms with E-state index in [9.17, 15) is 24.1 Å². The minimum absolute atomic E-state index is 0.142. The van der Waals surface area contributed by atoms with Crippen molar-refractivity contribution in [2.45, 2.75) is 64.6 Å². The summed E-state index contributed by atoms with van der Waals surface area (Å²) in [4.78, 5) is 42.6. The van der Waals surface area contributed by atoms with Gasteiger partial charge in [0.15, 0.2) is 6.23 Å². The van der Waals surface area contributed by atoms with Crippen molar-refractivity contribution in [1.82, 2.24) is 14.6 Å². The maximum Gasteiger partial charge on any atom is 0.459 e. The van der Waals surface area contributed by atoms with Crippen molar-refractivity contribution in [3.8, 4) is 5.75 Å². The molecule has 0 bridgehead atoms. The Morgan fingerprint density at radius 2 is 1.97 bits per heavy atom. The van der Waals surface area contributed by atoms with Crippen molar-refractivity contribution in [3.63, 3.8) is 0 Å². The highest BCUT2D eigenvalue weighted by Crippen LogP contribution is 2.47. The number of benzene rings is 1. The Hall–Kier alpha value is -3.09.